The van der Waals surface area contributed by atoms with E-state index in [1.54, 1.807) is 0 Å². The van der Waals surface area contributed by atoms with Crippen LogP contribution in [0.1, 0.15) is 6.23 Å². The Balaban J connectivity index is 1.54. The smallest absolute Gasteiger partial charge is 0.387 e. The molecule has 1 aliphatic rings. The van der Waals surface area contributed by atoms with Gasteiger partial charge in [0.15, 0.2) is 23.7 Å². The van der Waals surface area contributed by atoms with E-state index in [9.17, 15) is 38.0 Å². The number of aliphatic hydroxyl groups excluding tert-OH is 3. The first-order valence-corrected chi connectivity index (χ1v) is 12.5. The van der Waals surface area contributed by atoms with E-state index >= 15 is 0 Å². The fourth-order valence-corrected chi connectivity index (χ4v) is 4.54. The average molecular weight is 523 g/mol. The first-order valence-electron chi connectivity index (χ1n) is 9.15. The van der Waals surface area contributed by atoms with Crippen molar-refractivity contribution in [3.05, 3.63) is 22.9 Å². The zero-order valence-corrected chi connectivity index (χ0v) is 18.6. The Morgan fingerprint density at radius 2 is 2.03 bits per heavy atom. The summed E-state index contributed by atoms with van der Waals surface area (Å²) in [6.45, 7) is 0. The number of nitrogens with zero attached hydrogens (tertiary/aromatic N) is 4. The van der Waals surface area contributed by atoms with Gasteiger partial charge in [0.25, 0.3) is 11.4 Å². The molecule has 1 aliphatic heterocycles. The van der Waals surface area contributed by atoms with E-state index in [0.717, 1.165) is 23.3 Å². The van der Waals surface area contributed by atoms with Crippen molar-refractivity contribution in [3.63, 3.8) is 0 Å². The first-order chi connectivity index (χ1) is 15.8. The lowest BCUT2D eigenvalue weighted by Gasteiger charge is -2.22. The van der Waals surface area contributed by atoms with Gasteiger partial charge in [-0.1, -0.05) is 0 Å². The van der Waals surface area contributed by atoms with E-state index in [2.05, 4.69) is 29.1 Å². The van der Waals surface area contributed by atoms with E-state index < -0.39 is 65.5 Å². The molecule has 20 heteroatoms. The third-order valence-corrected chi connectivity index (χ3v) is 6.32. The highest BCUT2D eigenvalue weighted by atomic mass is 32.2. The van der Waals surface area contributed by atoms with Gasteiger partial charge in [0, 0.05) is 0 Å². The second-order valence-electron chi connectivity index (χ2n) is 7.11. The molecule has 4 heterocycles. The molecule has 2 unspecified atom stereocenters. The fourth-order valence-electron chi connectivity index (χ4n) is 3.17. The standard InChI is InChI=1S/C14H18N7O11PS/c1-34(28,29)32-4-2-16-14(18-4)33(26,27)31-12(25)8-6(22)7(23)11(30-8)21-3-17-5-9(21)19-13(15)20-10(5)24/h2-3,6-8,11-12,22-23,25H,1H3,(H,16,18)(H,26,27)(H3,15,19,20,24)/t6-,7+,8-,11+,12?/m0/s1. The van der Waals surface area contributed by atoms with Crippen molar-refractivity contribution in [2.45, 2.75) is 30.8 Å². The molecular weight excluding hydrogens is 505 g/mol. The van der Waals surface area contributed by atoms with Crippen molar-refractivity contribution in [3.8, 4) is 5.88 Å². The maximum atomic E-state index is 12.5. The molecule has 3 aromatic heterocycles. The van der Waals surface area contributed by atoms with E-state index in [1.165, 1.54) is 0 Å². The Hall–Kier alpha value is -2.90. The molecule has 0 saturated carbocycles. The van der Waals surface area contributed by atoms with Crippen molar-refractivity contribution in [2.24, 2.45) is 0 Å². The molecule has 8 N–H and O–H groups in total. The highest BCUT2D eigenvalue weighted by Gasteiger charge is 2.49. The van der Waals surface area contributed by atoms with Gasteiger partial charge in [0.1, 0.15) is 18.3 Å². The van der Waals surface area contributed by atoms with Crippen LogP contribution in [0.4, 0.5) is 5.95 Å². The summed E-state index contributed by atoms with van der Waals surface area (Å²) < 4.78 is 50.5. The number of aromatic nitrogens is 6. The number of fused-ring (bicyclic) bond motifs is 1. The van der Waals surface area contributed by atoms with E-state index in [0.29, 0.717) is 0 Å². The van der Waals surface area contributed by atoms with Crippen LogP contribution in [0.5, 0.6) is 5.88 Å². The molecule has 0 aliphatic carbocycles. The van der Waals surface area contributed by atoms with E-state index in [4.69, 9.17) is 15.0 Å². The molecule has 0 amide bonds. The van der Waals surface area contributed by atoms with Crippen molar-refractivity contribution < 1.29 is 46.6 Å². The lowest BCUT2D eigenvalue weighted by Crippen LogP contribution is -2.40. The maximum Gasteiger partial charge on any atom is 0.396 e. The van der Waals surface area contributed by atoms with Crippen LogP contribution in [0, 0.1) is 0 Å². The van der Waals surface area contributed by atoms with Gasteiger partial charge in [-0.25, -0.2) is 4.98 Å². The van der Waals surface area contributed by atoms with Crippen molar-refractivity contribution >= 4 is 40.4 Å². The molecular formula is C14H18N7O11PS. The van der Waals surface area contributed by atoms with Crippen molar-refractivity contribution in [2.75, 3.05) is 12.0 Å². The number of nitrogen functional groups attached to an aromatic ring is 1. The van der Waals surface area contributed by atoms with Gasteiger partial charge >= 0.3 is 17.7 Å². The average Bonchev–Trinajstić information content (AvgIpc) is 3.40. The number of nitrogens with one attached hydrogen (secondary N) is 2. The lowest BCUT2D eigenvalue weighted by atomic mass is 10.1. The summed E-state index contributed by atoms with van der Waals surface area (Å²) in [5.74, 6) is -0.822. The van der Waals surface area contributed by atoms with Gasteiger partial charge in [-0.2, -0.15) is 18.4 Å². The topological polar surface area (TPSA) is 278 Å². The molecule has 186 valence electrons. The Labute approximate surface area is 188 Å². The summed E-state index contributed by atoms with van der Waals surface area (Å²) in [6.07, 6.45) is -6.40. The quantitative estimate of drug-likeness (QED) is 0.0889. The minimum absolute atomic E-state index is 0.102. The third kappa shape index (κ3) is 4.55. The summed E-state index contributed by atoms with van der Waals surface area (Å²) in [7, 11) is -8.91. The molecule has 0 spiro atoms. The monoisotopic (exact) mass is 523 g/mol. The number of anilines is 1. The van der Waals surface area contributed by atoms with Gasteiger partial charge in [-0.15, -0.1) is 0 Å². The maximum absolute atomic E-state index is 12.5. The van der Waals surface area contributed by atoms with Gasteiger partial charge in [-0.05, 0) is 0 Å². The second-order valence-corrected chi connectivity index (χ2v) is 10.4. The Morgan fingerprint density at radius 3 is 2.71 bits per heavy atom. The molecule has 0 bridgehead atoms. The van der Waals surface area contributed by atoms with Crippen LogP contribution in [0.2, 0.25) is 0 Å². The van der Waals surface area contributed by atoms with Crippen LogP contribution in [-0.2, 0) is 23.9 Å². The number of ether oxygens (including phenoxy) is 1. The molecule has 1 saturated heterocycles. The van der Waals surface area contributed by atoms with Crippen LogP contribution in [-0.4, -0.2) is 89.0 Å². The highest BCUT2D eigenvalue weighted by Crippen LogP contribution is 2.43. The van der Waals surface area contributed by atoms with Gasteiger partial charge < -0.3 is 39.9 Å². The number of hydrogen-bond donors (Lipinski definition) is 7. The van der Waals surface area contributed by atoms with Crippen molar-refractivity contribution in [1.82, 2.24) is 29.5 Å². The molecule has 1 fully saturated rings. The number of aliphatic hydroxyl groups is 3. The number of hydrogen-bond acceptors (Lipinski definition) is 14. The van der Waals surface area contributed by atoms with Gasteiger partial charge in [0.2, 0.25) is 11.5 Å². The second kappa shape index (κ2) is 8.40. The molecule has 4 rings (SSSR count). The molecule has 34 heavy (non-hydrogen) atoms. The summed E-state index contributed by atoms with van der Waals surface area (Å²) in [5, 5.41) is 31.1. The zero-order chi connectivity index (χ0) is 25.0. The van der Waals surface area contributed by atoms with Crippen LogP contribution in [0.15, 0.2) is 17.3 Å². The molecule has 0 radical (unpaired) electrons. The molecule has 18 nitrogen and oxygen atoms in total. The number of rotatable bonds is 7. The number of imidazole rings is 2. The van der Waals surface area contributed by atoms with E-state index in [-0.39, 0.29) is 17.1 Å². The first kappa shape index (κ1) is 24.2. The van der Waals surface area contributed by atoms with Crippen LogP contribution >= 0.6 is 7.60 Å². The Kier molecular flexibility index (Phi) is 5.98. The minimum Gasteiger partial charge on any atom is -0.387 e. The molecule has 0 aromatic carbocycles. The van der Waals surface area contributed by atoms with Crippen LogP contribution < -0.4 is 21.0 Å². The molecule has 3 aromatic rings. The summed E-state index contributed by atoms with van der Waals surface area (Å²) in [4.78, 5) is 37.7. The summed E-state index contributed by atoms with van der Waals surface area (Å²) >= 11 is 0. The number of nitrogens with two attached hydrogens (primary N) is 1. The normalized spacial score (nSPS) is 25.9. The zero-order valence-electron chi connectivity index (χ0n) is 16.9. The predicted octanol–water partition coefficient (Wildman–Crippen LogP) is -3.77. The number of H-pyrrole nitrogens is 2. The fraction of sp³-hybridized carbons (Fsp3) is 0.429. The van der Waals surface area contributed by atoms with Crippen LogP contribution in [0.3, 0.4) is 0 Å². The van der Waals surface area contributed by atoms with Gasteiger partial charge in [0.05, 0.1) is 18.8 Å². The predicted molar refractivity (Wildman–Crippen MR) is 109 cm³/mol. The third-order valence-electron chi connectivity index (χ3n) is 4.58. The largest absolute Gasteiger partial charge is 0.396 e. The number of aromatic amines is 2. The highest BCUT2D eigenvalue weighted by molar-refractivity contribution is 7.86. The summed E-state index contributed by atoms with van der Waals surface area (Å²) in [6, 6.07) is 0. The molecule has 6 atom stereocenters. The lowest BCUT2D eigenvalue weighted by molar-refractivity contribution is -0.156. The summed E-state index contributed by atoms with van der Waals surface area (Å²) in [5.41, 5.74) is 3.81. The Bertz CT molecular complexity index is 1440. The SMILES string of the molecule is CS(=O)(=O)Oc1c[nH]c(P(=O)(O)OC(O)[C@H]2O[C@@H](n3cnc4c(=O)[nH]c(N)nc43)[C@H](O)[C@@H]2O)n1. The van der Waals surface area contributed by atoms with Crippen LogP contribution in [0.25, 0.3) is 11.2 Å². The minimum atomic E-state index is -4.93. The van der Waals surface area contributed by atoms with E-state index in [1.807, 2.05) is 0 Å². The van der Waals surface area contributed by atoms with Gasteiger partial charge in [-0.3, -0.25) is 23.4 Å². The Morgan fingerprint density at radius 1 is 1.32 bits per heavy atom. The van der Waals surface area contributed by atoms with Crippen molar-refractivity contribution in [1.29, 1.82) is 0 Å².